The highest BCUT2D eigenvalue weighted by atomic mass is 32.1. The van der Waals surface area contributed by atoms with Crippen molar-refractivity contribution in [3.63, 3.8) is 0 Å². The molecule has 0 bridgehead atoms. The van der Waals surface area contributed by atoms with Gasteiger partial charge in [0.15, 0.2) is 0 Å². The molecule has 1 N–H and O–H groups in total. The summed E-state index contributed by atoms with van der Waals surface area (Å²) in [7, 11) is 1.40. The van der Waals surface area contributed by atoms with E-state index in [0.29, 0.717) is 10.9 Å². The average molecular weight is 462 g/mol. The van der Waals surface area contributed by atoms with Crippen LogP contribution in [0, 0.1) is 0 Å². The normalized spacial score (nSPS) is 11.5. The number of anilines is 1. The molecule has 9 heteroatoms. The number of halogens is 3. The summed E-state index contributed by atoms with van der Waals surface area (Å²) in [5, 5.41) is 4.49. The molecule has 3 rings (SSSR count). The Labute approximate surface area is 187 Å². The fourth-order valence-electron chi connectivity index (χ4n) is 3.03. The molecule has 3 aromatic rings. The molecule has 0 radical (unpaired) electrons. The molecule has 5 nitrogen and oxygen atoms in total. The van der Waals surface area contributed by atoms with E-state index in [1.54, 1.807) is 5.38 Å². The van der Waals surface area contributed by atoms with Crippen LogP contribution in [0.1, 0.15) is 41.4 Å². The predicted octanol–water partition coefficient (Wildman–Crippen LogP) is 5.66. The van der Waals surface area contributed by atoms with E-state index in [-0.39, 0.29) is 11.4 Å². The first-order valence-corrected chi connectivity index (χ1v) is 10.7. The standard InChI is InChI=1S/C23H22F3N3O2S/c1-14(2)15-8-10-16(11-9-15)21-28-19(13-32-21)22(31)29(3)12-20(30)27-18-7-5-4-6-17(18)23(24,25)26/h4-11,13-14H,12H2,1-3H3,(H,27,30). The van der Waals surface area contributed by atoms with Gasteiger partial charge in [0, 0.05) is 18.0 Å². The number of thiazole rings is 1. The first-order chi connectivity index (χ1) is 15.1. The van der Waals surface area contributed by atoms with Gasteiger partial charge in [-0.1, -0.05) is 50.2 Å². The number of alkyl halides is 3. The minimum absolute atomic E-state index is 0.170. The zero-order valence-corrected chi connectivity index (χ0v) is 18.6. The number of hydrogen-bond acceptors (Lipinski definition) is 4. The Morgan fingerprint density at radius 3 is 2.38 bits per heavy atom. The van der Waals surface area contributed by atoms with Crippen LogP contribution in [0.2, 0.25) is 0 Å². The molecule has 0 spiro atoms. The van der Waals surface area contributed by atoms with Gasteiger partial charge >= 0.3 is 6.18 Å². The van der Waals surface area contributed by atoms with Crippen LogP contribution in [0.15, 0.2) is 53.9 Å². The molecule has 0 aliphatic rings. The minimum atomic E-state index is -4.60. The maximum Gasteiger partial charge on any atom is 0.418 e. The van der Waals surface area contributed by atoms with Gasteiger partial charge in [-0.05, 0) is 23.6 Å². The van der Waals surface area contributed by atoms with Gasteiger partial charge in [0.05, 0.1) is 17.8 Å². The van der Waals surface area contributed by atoms with E-state index in [1.165, 1.54) is 42.1 Å². The van der Waals surface area contributed by atoms with Gasteiger partial charge in [0.25, 0.3) is 5.91 Å². The van der Waals surface area contributed by atoms with Crippen molar-refractivity contribution in [3.8, 4) is 10.6 Å². The van der Waals surface area contributed by atoms with Crippen LogP contribution < -0.4 is 5.32 Å². The number of amides is 2. The molecular weight excluding hydrogens is 439 g/mol. The third kappa shape index (κ3) is 5.53. The summed E-state index contributed by atoms with van der Waals surface area (Å²) in [5.74, 6) is -0.830. The Hall–Kier alpha value is -3.20. The van der Waals surface area contributed by atoms with Gasteiger partial charge in [-0.25, -0.2) is 4.98 Å². The topological polar surface area (TPSA) is 62.3 Å². The number of hydrogen-bond donors (Lipinski definition) is 1. The van der Waals surface area contributed by atoms with Crippen LogP contribution in [0.5, 0.6) is 0 Å². The second-order valence-corrected chi connectivity index (χ2v) is 8.43. The zero-order valence-electron chi connectivity index (χ0n) is 17.7. The highest BCUT2D eigenvalue weighted by molar-refractivity contribution is 7.13. The molecule has 0 atom stereocenters. The van der Waals surface area contributed by atoms with E-state index in [0.717, 1.165) is 16.5 Å². The summed E-state index contributed by atoms with van der Waals surface area (Å²) < 4.78 is 39.3. The van der Waals surface area contributed by atoms with Gasteiger partial charge in [-0.2, -0.15) is 13.2 Å². The summed E-state index contributed by atoms with van der Waals surface area (Å²) in [5.41, 5.74) is 0.938. The number of para-hydroxylation sites is 1. The molecule has 1 aromatic heterocycles. The van der Waals surface area contributed by atoms with E-state index in [9.17, 15) is 22.8 Å². The van der Waals surface area contributed by atoms with Crippen molar-refractivity contribution in [1.82, 2.24) is 9.88 Å². The van der Waals surface area contributed by atoms with E-state index >= 15 is 0 Å². The average Bonchev–Trinajstić information content (AvgIpc) is 3.23. The Balaban J connectivity index is 1.66. The monoisotopic (exact) mass is 461 g/mol. The fourth-order valence-corrected chi connectivity index (χ4v) is 3.83. The van der Waals surface area contributed by atoms with E-state index < -0.39 is 30.1 Å². The number of benzene rings is 2. The molecule has 1 heterocycles. The van der Waals surface area contributed by atoms with E-state index in [1.807, 2.05) is 24.3 Å². The van der Waals surface area contributed by atoms with Crippen LogP contribution in [0.4, 0.5) is 18.9 Å². The van der Waals surface area contributed by atoms with Crippen molar-refractivity contribution in [2.75, 3.05) is 18.9 Å². The third-order valence-electron chi connectivity index (χ3n) is 4.78. The van der Waals surface area contributed by atoms with Crippen molar-refractivity contribution < 1.29 is 22.8 Å². The lowest BCUT2D eigenvalue weighted by Crippen LogP contribution is -2.35. The van der Waals surface area contributed by atoms with Crippen molar-refractivity contribution in [3.05, 3.63) is 70.7 Å². The number of carbonyl (C=O) groups excluding carboxylic acids is 2. The molecule has 168 valence electrons. The molecule has 2 amide bonds. The summed E-state index contributed by atoms with van der Waals surface area (Å²) in [4.78, 5) is 30.4. The Bertz CT molecular complexity index is 1110. The van der Waals surface area contributed by atoms with Crippen LogP contribution in [-0.4, -0.2) is 35.3 Å². The molecule has 0 aliphatic heterocycles. The van der Waals surface area contributed by atoms with Gasteiger partial charge in [0.2, 0.25) is 5.91 Å². The van der Waals surface area contributed by atoms with E-state index in [4.69, 9.17) is 0 Å². The highest BCUT2D eigenvalue weighted by Crippen LogP contribution is 2.34. The number of rotatable bonds is 6. The Morgan fingerprint density at radius 2 is 1.75 bits per heavy atom. The molecule has 0 aliphatic carbocycles. The molecule has 0 saturated carbocycles. The van der Waals surface area contributed by atoms with Crippen molar-refractivity contribution >= 4 is 28.8 Å². The van der Waals surface area contributed by atoms with Gasteiger partial charge in [0.1, 0.15) is 10.7 Å². The van der Waals surface area contributed by atoms with Crippen molar-refractivity contribution in [2.24, 2.45) is 0 Å². The molecule has 0 fully saturated rings. The van der Waals surface area contributed by atoms with Gasteiger partial charge in [-0.3, -0.25) is 9.59 Å². The summed E-state index contributed by atoms with van der Waals surface area (Å²) in [6.45, 7) is 3.78. The Morgan fingerprint density at radius 1 is 1.09 bits per heavy atom. The molecule has 0 unspecified atom stereocenters. The van der Waals surface area contributed by atoms with E-state index in [2.05, 4.69) is 24.1 Å². The predicted molar refractivity (Wildman–Crippen MR) is 119 cm³/mol. The lowest BCUT2D eigenvalue weighted by Gasteiger charge is -2.17. The lowest BCUT2D eigenvalue weighted by atomic mass is 10.0. The maximum absolute atomic E-state index is 13.1. The van der Waals surface area contributed by atoms with Gasteiger partial charge < -0.3 is 10.2 Å². The number of likely N-dealkylation sites (N-methyl/N-ethyl adjacent to an activating group) is 1. The second kappa shape index (κ2) is 9.52. The lowest BCUT2D eigenvalue weighted by molar-refractivity contribution is -0.137. The zero-order chi connectivity index (χ0) is 23.5. The fraction of sp³-hybridized carbons (Fsp3) is 0.261. The quantitative estimate of drug-likeness (QED) is 0.515. The maximum atomic E-state index is 13.1. The van der Waals surface area contributed by atoms with Gasteiger partial charge in [-0.15, -0.1) is 11.3 Å². The smallest absolute Gasteiger partial charge is 0.331 e. The van der Waals surface area contributed by atoms with Crippen LogP contribution >= 0.6 is 11.3 Å². The number of nitrogens with zero attached hydrogens (tertiary/aromatic N) is 2. The van der Waals surface area contributed by atoms with Crippen LogP contribution in [0.25, 0.3) is 10.6 Å². The largest absolute Gasteiger partial charge is 0.418 e. The minimum Gasteiger partial charge on any atom is -0.331 e. The molecule has 2 aromatic carbocycles. The Kier molecular flexibility index (Phi) is 6.98. The SMILES string of the molecule is CC(C)c1ccc(-c2nc(C(=O)N(C)CC(=O)Nc3ccccc3C(F)(F)F)cs2)cc1. The first-order valence-electron chi connectivity index (χ1n) is 9.83. The molecule has 0 saturated heterocycles. The third-order valence-corrected chi connectivity index (χ3v) is 5.67. The number of nitrogens with one attached hydrogen (secondary N) is 1. The van der Waals surface area contributed by atoms with Crippen LogP contribution in [-0.2, 0) is 11.0 Å². The summed E-state index contributed by atoms with van der Waals surface area (Å²) >= 11 is 1.30. The van der Waals surface area contributed by atoms with Crippen molar-refractivity contribution in [1.29, 1.82) is 0 Å². The second-order valence-electron chi connectivity index (χ2n) is 7.57. The number of aromatic nitrogens is 1. The molecule has 32 heavy (non-hydrogen) atoms. The van der Waals surface area contributed by atoms with Crippen LogP contribution in [0.3, 0.4) is 0 Å². The number of carbonyl (C=O) groups is 2. The highest BCUT2D eigenvalue weighted by Gasteiger charge is 2.33. The van der Waals surface area contributed by atoms with Crippen molar-refractivity contribution in [2.45, 2.75) is 25.9 Å². The summed E-state index contributed by atoms with van der Waals surface area (Å²) in [6.07, 6.45) is -4.60. The first kappa shape index (κ1) is 23.5. The summed E-state index contributed by atoms with van der Waals surface area (Å²) in [6, 6.07) is 12.6. The molecular formula is C23H22F3N3O2S.